The van der Waals surface area contributed by atoms with E-state index in [-0.39, 0.29) is 17.2 Å². The highest BCUT2D eigenvalue weighted by Gasteiger charge is 2.44. The summed E-state index contributed by atoms with van der Waals surface area (Å²) in [7, 11) is -8.00. The summed E-state index contributed by atoms with van der Waals surface area (Å²) in [6.07, 6.45) is -4.93. The van der Waals surface area contributed by atoms with Gasteiger partial charge in [-0.25, -0.2) is 21.6 Å². The van der Waals surface area contributed by atoms with Gasteiger partial charge in [-0.2, -0.15) is 13.2 Å². The minimum Gasteiger partial charge on any atom is -0.229 e. The predicted octanol–water partition coefficient (Wildman–Crippen LogP) is 2.21. The molecule has 0 saturated carbocycles. The van der Waals surface area contributed by atoms with Crippen LogP contribution < -0.4 is 4.72 Å². The Morgan fingerprint density at radius 3 is 2.39 bits per heavy atom. The number of sulfonamides is 1. The number of hydrogen-bond donors (Lipinski definition) is 1. The molecule has 1 aromatic carbocycles. The fourth-order valence-corrected chi connectivity index (χ4v) is 6.43. The van der Waals surface area contributed by atoms with Gasteiger partial charge < -0.3 is 0 Å². The van der Waals surface area contributed by atoms with Crippen molar-refractivity contribution >= 4 is 31.5 Å². The largest absolute Gasteiger partial charge is 0.417 e. The van der Waals surface area contributed by atoms with E-state index < -0.39 is 47.8 Å². The zero-order chi connectivity index (χ0) is 17.7. The molecule has 0 radical (unpaired) electrons. The molecule has 1 N–H and O–H groups in total. The molecule has 0 spiro atoms. The molecule has 130 valence electrons. The van der Waals surface area contributed by atoms with Crippen molar-refractivity contribution in [3.63, 3.8) is 0 Å². The maximum atomic E-state index is 13.0. The van der Waals surface area contributed by atoms with Gasteiger partial charge in [0.1, 0.15) is 0 Å². The second-order valence-electron chi connectivity index (χ2n) is 5.65. The molecule has 0 aromatic heterocycles. The normalized spacial score (nSPS) is 24.7. The fraction of sp³-hybridized carbons (Fsp3) is 0.500. The Morgan fingerprint density at radius 2 is 1.91 bits per heavy atom. The van der Waals surface area contributed by atoms with Crippen LogP contribution in [-0.4, -0.2) is 33.9 Å². The molecule has 1 aliphatic heterocycles. The third kappa shape index (κ3) is 4.17. The quantitative estimate of drug-likeness (QED) is 0.856. The van der Waals surface area contributed by atoms with Crippen molar-refractivity contribution in [2.24, 2.45) is 0 Å². The van der Waals surface area contributed by atoms with Crippen molar-refractivity contribution in [3.8, 4) is 0 Å². The Morgan fingerprint density at radius 1 is 1.30 bits per heavy atom. The van der Waals surface area contributed by atoms with Crippen LogP contribution >= 0.6 is 11.6 Å². The maximum absolute atomic E-state index is 13.0. The Kier molecular flexibility index (Phi) is 4.51. The summed E-state index contributed by atoms with van der Waals surface area (Å²) in [5, 5.41) is -0.258. The van der Waals surface area contributed by atoms with Gasteiger partial charge in [0.2, 0.25) is 10.0 Å². The molecule has 11 heteroatoms. The molecule has 1 aromatic rings. The fourth-order valence-electron chi connectivity index (χ4n) is 2.43. The van der Waals surface area contributed by atoms with Gasteiger partial charge in [-0.05, 0) is 31.5 Å². The highest BCUT2D eigenvalue weighted by Crippen LogP contribution is 2.36. The lowest BCUT2D eigenvalue weighted by Gasteiger charge is -2.24. The molecular formula is C12H13ClF3NO4S2. The third-order valence-electron chi connectivity index (χ3n) is 3.42. The van der Waals surface area contributed by atoms with Crippen LogP contribution in [0.3, 0.4) is 0 Å². The molecule has 5 nitrogen and oxygen atoms in total. The molecule has 0 unspecified atom stereocenters. The summed E-state index contributed by atoms with van der Waals surface area (Å²) in [6, 6.07) is 2.29. The van der Waals surface area contributed by atoms with Crippen LogP contribution in [-0.2, 0) is 26.0 Å². The monoisotopic (exact) mass is 391 g/mol. The summed E-state index contributed by atoms with van der Waals surface area (Å²) >= 11 is 5.51. The average Bonchev–Trinajstić information content (AvgIpc) is 2.60. The lowest BCUT2D eigenvalue weighted by Crippen LogP contribution is -2.47. The van der Waals surface area contributed by atoms with Crippen LogP contribution in [0, 0.1) is 0 Å². The first-order valence-corrected chi connectivity index (χ1v) is 10.0. The molecule has 2 rings (SSSR count). The summed E-state index contributed by atoms with van der Waals surface area (Å²) in [6.45, 7) is 1.35. The van der Waals surface area contributed by atoms with Crippen LogP contribution in [0.25, 0.3) is 0 Å². The van der Waals surface area contributed by atoms with Gasteiger partial charge in [0.25, 0.3) is 0 Å². The maximum Gasteiger partial charge on any atom is 0.417 e. The van der Waals surface area contributed by atoms with Crippen molar-refractivity contribution in [1.29, 1.82) is 0 Å². The molecule has 0 bridgehead atoms. The molecule has 23 heavy (non-hydrogen) atoms. The van der Waals surface area contributed by atoms with Crippen molar-refractivity contribution < 1.29 is 30.0 Å². The first-order chi connectivity index (χ1) is 10.2. The van der Waals surface area contributed by atoms with E-state index in [2.05, 4.69) is 4.72 Å². The van der Waals surface area contributed by atoms with Crippen LogP contribution in [0.5, 0.6) is 0 Å². The van der Waals surface area contributed by atoms with Crippen molar-refractivity contribution in [2.75, 3.05) is 11.5 Å². The van der Waals surface area contributed by atoms with Gasteiger partial charge in [0.05, 0.1) is 22.0 Å². The number of benzene rings is 1. The summed E-state index contributed by atoms with van der Waals surface area (Å²) in [4.78, 5) is -0.986. The van der Waals surface area contributed by atoms with E-state index in [1.165, 1.54) is 6.92 Å². The molecule has 1 atom stereocenters. The zero-order valence-electron chi connectivity index (χ0n) is 11.8. The summed E-state index contributed by atoms with van der Waals surface area (Å²) in [5.41, 5.74) is -2.75. The molecule has 1 aliphatic rings. The van der Waals surface area contributed by atoms with E-state index >= 15 is 0 Å². The second-order valence-corrected chi connectivity index (χ2v) is 9.92. The van der Waals surface area contributed by atoms with Crippen molar-refractivity contribution in [2.45, 2.75) is 30.0 Å². The van der Waals surface area contributed by atoms with E-state index in [0.717, 1.165) is 12.1 Å². The molecule has 1 fully saturated rings. The number of sulfone groups is 1. The highest BCUT2D eigenvalue weighted by molar-refractivity contribution is 7.92. The number of hydrogen-bond acceptors (Lipinski definition) is 4. The Bertz CT molecular complexity index is 836. The first kappa shape index (κ1) is 18.5. The second kappa shape index (κ2) is 5.61. The van der Waals surface area contributed by atoms with E-state index in [0.29, 0.717) is 6.07 Å². The van der Waals surface area contributed by atoms with E-state index in [9.17, 15) is 30.0 Å². The predicted molar refractivity (Wildman–Crippen MR) is 78.5 cm³/mol. The third-order valence-corrected chi connectivity index (χ3v) is 7.26. The van der Waals surface area contributed by atoms with Crippen LogP contribution in [0.2, 0.25) is 5.02 Å². The minimum absolute atomic E-state index is 0.0104. The number of halogens is 4. The van der Waals surface area contributed by atoms with E-state index in [1.54, 1.807) is 0 Å². The topological polar surface area (TPSA) is 80.3 Å². The Hall–Kier alpha value is -0.840. The zero-order valence-corrected chi connectivity index (χ0v) is 14.2. The molecule has 1 saturated heterocycles. The smallest absolute Gasteiger partial charge is 0.229 e. The average molecular weight is 392 g/mol. The molecule has 0 amide bonds. The van der Waals surface area contributed by atoms with E-state index in [1.807, 2.05) is 0 Å². The Balaban J connectivity index is 2.46. The lowest BCUT2D eigenvalue weighted by atomic mass is 10.0. The Labute approximate surface area is 136 Å². The van der Waals surface area contributed by atoms with Gasteiger partial charge in [0.15, 0.2) is 9.84 Å². The van der Waals surface area contributed by atoms with Gasteiger partial charge in [-0.3, -0.25) is 0 Å². The number of alkyl halides is 3. The van der Waals surface area contributed by atoms with Gasteiger partial charge in [-0.15, -0.1) is 0 Å². The molecule has 1 heterocycles. The van der Waals surface area contributed by atoms with Crippen molar-refractivity contribution in [1.82, 2.24) is 4.72 Å². The minimum atomic E-state index is -4.92. The van der Waals surface area contributed by atoms with Crippen molar-refractivity contribution in [3.05, 3.63) is 28.8 Å². The first-order valence-electron chi connectivity index (χ1n) is 6.35. The SMILES string of the molecule is C[C@@]1(NS(=O)(=O)c2ccc(Cl)cc2C(F)(F)F)CCS(=O)(=O)C1. The summed E-state index contributed by atoms with van der Waals surface area (Å²) in [5.74, 6) is -0.688. The molecule has 0 aliphatic carbocycles. The summed E-state index contributed by atoms with van der Waals surface area (Å²) < 4.78 is 88.9. The van der Waals surface area contributed by atoms with Gasteiger partial charge in [-0.1, -0.05) is 11.6 Å². The van der Waals surface area contributed by atoms with Crippen LogP contribution in [0.4, 0.5) is 13.2 Å². The van der Waals surface area contributed by atoms with Gasteiger partial charge >= 0.3 is 6.18 Å². The van der Waals surface area contributed by atoms with Crippen LogP contribution in [0.1, 0.15) is 18.9 Å². The number of rotatable bonds is 3. The number of nitrogens with one attached hydrogen (secondary N) is 1. The van der Waals surface area contributed by atoms with Gasteiger partial charge in [0, 0.05) is 10.6 Å². The van der Waals surface area contributed by atoms with Crippen LogP contribution in [0.15, 0.2) is 23.1 Å². The molecular weight excluding hydrogens is 379 g/mol. The standard InChI is InChI=1S/C12H13ClF3NO4S2/c1-11(4-5-22(18,19)7-11)17-23(20,21)10-3-2-8(13)6-9(10)12(14,15)16/h2-3,6,17H,4-5,7H2,1H3/t11-/m1/s1. The highest BCUT2D eigenvalue weighted by atomic mass is 35.5. The van der Waals surface area contributed by atoms with E-state index in [4.69, 9.17) is 11.6 Å². The lowest BCUT2D eigenvalue weighted by molar-refractivity contribution is -0.139.